The number of hydrogen-bond acceptors (Lipinski definition) is 12. The molecule has 2 aliphatic heterocycles. The van der Waals surface area contributed by atoms with Crippen LogP contribution in [0.1, 0.15) is 69.7 Å². The maximum Gasteiger partial charge on any atom is 0.238 e. The smallest absolute Gasteiger partial charge is 0.238 e. The second kappa shape index (κ2) is 15.5. The number of hydrogen-bond donors (Lipinski definition) is 7. The molecule has 4 rings (SSSR count). The first-order valence-corrected chi connectivity index (χ1v) is 15.5. The fourth-order valence-corrected chi connectivity index (χ4v) is 5.18. The lowest BCUT2D eigenvalue weighted by molar-refractivity contribution is -0.278. The Morgan fingerprint density at radius 1 is 1.16 bits per heavy atom. The van der Waals surface area contributed by atoms with Gasteiger partial charge in [0.1, 0.15) is 42.0 Å². The zero-order valence-electron chi connectivity index (χ0n) is 26.4. The van der Waals surface area contributed by atoms with Gasteiger partial charge in [0.15, 0.2) is 0 Å². The summed E-state index contributed by atoms with van der Waals surface area (Å²) in [5, 5.41) is 51.1. The highest BCUT2D eigenvalue weighted by atomic mass is 16.7. The highest BCUT2D eigenvalue weighted by Gasteiger charge is 2.45. The van der Waals surface area contributed by atoms with Crippen molar-refractivity contribution in [2.45, 2.75) is 102 Å². The second-order valence-corrected chi connectivity index (χ2v) is 12.4. The number of amides is 1. The Bertz CT molecular complexity index is 1250. The topological polar surface area (TPSA) is 211 Å². The number of carbonyl (C=O) groups excluding carboxylic acids is 1. The van der Waals surface area contributed by atoms with Crippen molar-refractivity contribution in [2.75, 3.05) is 33.0 Å². The number of nitrogens with two attached hydrogens (primary N) is 1. The van der Waals surface area contributed by atoms with E-state index in [1.54, 1.807) is 13.8 Å². The molecule has 2 saturated heterocycles. The van der Waals surface area contributed by atoms with Crippen LogP contribution in [0.3, 0.4) is 0 Å². The van der Waals surface area contributed by atoms with E-state index in [1.165, 1.54) is 0 Å². The highest BCUT2D eigenvalue weighted by molar-refractivity contribution is 5.83. The van der Waals surface area contributed by atoms with Crippen LogP contribution in [0.5, 0.6) is 17.4 Å². The Morgan fingerprint density at radius 3 is 2.56 bits per heavy atom. The molecule has 1 amide bonds. The molecule has 45 heavy (non-hydrogen) atoms. The normalized spacial score (nSPS) is 24.5. The Morgan fingerprint density at radius 2 is 1.89 bits per heavy atom. The average Bonchev–Trinajstić information content (AvgIpc) is 3.40. The van der Waals surface area contributed by atoms with Crippen molar-refractivity contribution in [3.63, 3.8) is 0 Å². The van der Waals surface area contributed by atoms with Crippen LogP contribution in [0.2, 0.25) is 0 Å². The second-order valence-electron chi connectivity index (χ2n) is 12.4. The standard InChI is InChI=1S/C31H48N4O10/c1-17(2)24-21(28(35-34-24)45-29-27(39)26(38)25(37)23(16-36)44-29)14-18-6-7-20(15-22(18)43-19-8-12-41-13-9-19)42-11-5-10-33-31(3,4)30(32)40/h6-7,15,17,19,23,25-27,29,33,36-39H,5,8-14,16H2,1-4H3,(H2,32,40)(H,34,35)/t23-,25-,26+,27-,29+/m1/s1. The maximum absolute atomic E-state index is 11.5. The SMILES string of the molecule is CC(C)c1[nH]nc(O[C@@H]2O[C@H](CO)[C@@H](O)[C@H](O)[C@H]2O)c1Cc1ccc(OCCCNC(C)(C)C(N)=O)cc1OC1CCOCC1. The lowest BCUT2D eigenvalue weighted by Crippen LogP contribution is -2.60. The maximum atomic E-state index is 11.5. The predicted octanol–water partition coefficient (Wildman–Crippen LogP) is 0.483. The zero-order chi connectivity index (χ0) is 32.7. The minimum absolute atomic E-state index is 0.0354. The third-order valence-corrected chi connectivity index (χ3v) is 8.16. The summed E-state index contributed by atoms with van der Waals surface area (Å²) in [6.07, 6.45) is -4.67. The molecule has 0 spiro atoms. The molecule has 1 aromatic carbocycles. The van der Waals surface area contributed by atoms with Crippen molar-refractivity contribution in [1.82, 2.24) is 15.5 Å². The molecule has 14 heteroatoms. The summed E-state index contributed by atoms with van der Waals surface area (Å²) in [5.41, 5.74) is 6.98. The summed E-state index contributed by atoms with van der Waals surface area (Å²) in [6.45, 7) is 9.10. The Balaban J connectivity index is 1.54. The number of aliphatic hydroxyl groups is 4. The van der Waals surface area contributed by atoms with E-state index in [1.807, 2.05) is 32.0 Å². The van der Waals surface area contributed by atoms with E-state index < -0.39 is 48.8 Å². The van der Waals surface area contributed by atoms with Crippen molar-refractivity contribution in [3.05, 3.63) is 35.0 Å². The number of primary amides is 1. The Labute approximate surface area is 263 Å². The molecule has 14 nitrogen and oxygen atoms in total. The van der Waals surface area contributed by atoms with Crippen LogP contribution in [0.25, 0.3) is 0 Å². The Kier molecular flexibility index (Phi) is 12.0. The molecule has 8 N–H and O–H groups in total. The van der Waals surface area contributed by atoms with Crippen LogP contribution >= 0.6 is 0 Å². The van der Waals surface area contributed by atoms with Crippen molar-refractivity contribution >= 4 is 5.91 Å². The fraction of sp³-hybridized carbons (Fsp3) is 0.677. The van der Waals surface area contributed by atoms with E-state index in [-0.39, 0.29) is 17.9 Å². The van der Waals surface area contributed by atoms with Gasteiger partial charge in [0.05, 0.1) is 32.0 Å². The predicted molar refractivity (Wildman–Crippen MR) is 162 cm³/mol. The lowest BCUT2D eigenvalue weighted by atomic mass is 9.98. The lowest BCUT2D eigenvalue weighted by Gasteiger charge is -2.39. The van der Waals surface area contributed by atoms with Crippen LogP contribution in [0.15, 0.2) is 18.2 Å². The van der Waals surface area contributed by atoms with Gasteiger partial charge < -0.3 is 55.2 Å². The van der Waals surface area contributed by atoms with Gasteiger partial charge >= 0.3 is 0 Å². The number of carbonyl (C=O) groups is 1. The number of ether oxygens (including phenoxy) is 5. The van der Waals surface area contributed by atoms with E-state index in [2.05, 4.69) is 15.5 Å². The molecular formula is C31H48N4O10. The number of aromatic amines is 1. The molecule has 2 fully saturated rings. The molecule has 0 saturated carbocycles. The van der Waals surface area contributed by atoms with Crippen molar-refractivity contribution < 1.29 is 48.9 Å². The average molecular weight is 637 g/mol. The third-order valence-electron chi connectivity index (χ3n) is 8.16. The first-order chi connectivity index (χ1) is 21.4. The number of nitrogens with one attached hydrogen (secondary N) is 2. The van der Waals surface area contributed by atoms with Gasteiger partial charge in [-0.2, -0.15) is 0 Å². The number of H-pyrrole nitrogens is 1. The monoisotopic (exact) mass is 636 g/mol. The van der Waals surface area contributed by atoms with Gasteiger partial charge in [-0.3, -0.25) is 9.89 Å². The Hall–Kier alpha value is -2.98. The van der Waals surface area contributed by atoms with E-state index >= 15 is 0 Å². The van der Waals surface area contributed by atoms with Crippen molar-refractivity contribution in [3.8, 4) is 17.4 Å². The van der Waals surface area contributed by atoms with Gasteiger partial charge in [0.2, 0.25) is 18.1 Å². The summed E-state index contributed by atoms with van der Waals surface area (Å²) in [4.78, 5) is 11.5. The molecule has 0 bridgehead atoms. The van der Waals surface area contributed by atoms with Gasteiger partial charge in [-0.05, 0) is 44.4 Å². The quantitative estimate of drug-likeness (QED) is 0.133. The van der Waals surface area contributed by atoms with E-state index in [9.17, 15) is 25.2 Å². The minimum atomic E-state index is -1.58. The highest BCUT2D eigenvalue weighted by Crippen LogP contribution is 2.35. The van der Waals surface area contributed by atoms with Gasteiger partial charge in [0.25, 0.3) is 0 Å². The fourth-order valence-electron chi connectivity index (χ4n) is 5.18. The first-order valence-electron chi connectivity index (χ1n) is 15.5. The summed E-state index contributed by atoms with van der Waals surface area (Å²) in [5.74, 6) is 1.04. The number of benzene rings is 1. The molecule has 5 atom stereocenters. The molecule has 0 aliphatic carbocycles. The van der Waals surface area contributed by atoms with Crippen molar-refractivity contribution in [1.29, 1.82) is 0 Å². The van der Waals surface area contributed by atoms with Gasteiger partial charge in [-0.15, -0.1) is 5.10 Å². The number of aliphatic hydroxyl groups excluding tert-OH is 4. The third kappa shape index (κ3) is 8.85. The van der Waals surface area contributed by atoms with Gasteiger partial charge in [-0.25, -0.2) is 0 Å². The summed E-state index contributed by atoms with van der Waals surface area (Å²) in [7, 11) is 0. The molecular weight excluding hydrogens is 588 g/mol. The van der Waals surface area contributed by atoms with Crippen LogP contribution in [-0.4, -0.2) is 112 Å². The zero-order valence-corrected chi connectivity index (χ0v) is 26.4. The summed E-state index contributed by atoms with van der Waals surface area (Å²) < 4.78 is 29.6. The number of nitrogens with zero attached hydrogens (tertiary/aromatic N) is 1. The minimum Gasteiger partial charge on any atom is -0.493 e. The van der Waals surface area contributed by atoms with Gasteiger partial charge in [0, 0.05) is 36.6 Å². The molecule has 3 heterocycles. The summed E-state index contributed by atoms with van der Waals surface area (Å²) in [6, 6.07) is 5.65. The van der Waals surface area contributed by atoms with Crippen molar-refractivity contribution in [2.24, 2.45) is 5.73 Å². The van der Waals surface area contributed by atoms with E-state index in [4.69, 9.17) is 29.4 Å². The molecule has 0 unspecified atom stereocenters. The first kappa shape index (κ1) is 34.9. The van der Waals surface area contributed by atoms with Crippen LogP contribution in [0.4, 0.5) is 0 Å². The summed E-state index contributed by atoms with van der Waals surface area (Å²) >= 11 is 0. The number of rotatable bonds is 15. The molecule has 252 valence electrons. The van der Waals surface area contributed by atoms with Crippen LogP contribution in [0, 0.1) is 0 Å². The van der Waals surface area contributed by atoms with E-state index in [0.29, 0.717) is 56.3 Å². The van der Waals surface area contributed by atoms with Gasteiger partial charge in [-0.1, -0.05) is 19.9 Å². The van der Waals surface area contributed by atoms with Crippen LogP contribution in [-0.2, 0) is 20.7 Å². The molecule has 2 aliphatic rings. The van der Waals surface area contributed by atoms with Crippen LogP contribution < -0.4 is 25.3 Å². The number of aromatic nitrogens is 2. The van der Waals surface area contributed by atoms with E-state index in [0.717, 1.165) is 24.1 Å². The largest absolute Gasteiger partial charge is 0.493 e. The molecule has 0 radical (unpaired) electrons. The molecule has 2 aromatic rings. The molecule has 1 aromatic heterocycles.